The smallest absolute Gasteiger partial charge is 0.155 e. The van der Waals surface area contributed by atoms with Gasteiger partial charge in [0.15, 0.2) is 9.84 Å². The van der Waals surface area contributed by atoms with Gasteiger partial charge in [-0.1, -0.05) is 6.07 Å². The Hall–Kier alpha value is -1.47. The van der Waals surface area contributed by atoms with E-state index in [1.807, 2.05) is 24.8 Å². The van der Waals surface area contributed by atoms with E-state index in [9.17, 15) is 17.6 Å². The molecule has 2 aliphatic rings. The van der Waals surface area contributed by atoms with E-state index in [-0.39, 0.29) is 47.8 Å². The van der Waals surface area contributed by atoms with Gasteiger partial charge in [0, 0.05) is 25.4 Å². The van der Waals surface area contributed by atoms with Gasteiger partial charge in [-0.2, -0.15) is 0 Å². The number of halogens is 1. The van der Waals surface area contributed by atoms with Gasteiger partial charge in [0.2, 0.25) is 0 Å². The van der Waals surface area contributed by atoms with Crippen molar-refractivity contribution in [3.8, 4) is 0 Å². The zero-order valence-corrected chi connectivity index (χ0v) is 20.9. The molecular formula is C25H38FNO4S. The molecule has 180 valence electrons. The SMILES string of the molecule is C[C@@H]1CN(c2ccc(CC(=O)C3CCC(CS(=O)(=O)C(C)(C)C)CC3)cc2F)C[C@H](C)O1. The summed E-state index contributed by atoms with van der Waals surface area (Å²) in [7, 11) is -3.15. The highest BCUT2D eigenvalue weighted by Crippen LogP contribution is 2.33. The minimum Gasteiger partial charge on any atom is -0.372 e. The lowest BCUT2D eigenvalue weighted by Gasteiger charge is -2.37. The summed E-state index contributed by atoms with van der Waals surface area (Å²) in [5, 5.41) is 0. The maximum absolute atomic E-state index is 14.8. The molecule has 32 heavy (non-hydrogen) atoms. The number of hydrogen-bond acceptors (Lipinski definition) is 5. The van der Waals surface area contributed by atoms with E-state index < -0.39 is 14.6 Å². The first-order valence-corrected chi connectivity index (χ1v) is 13.4. The Balaban J connectivity index is 1.55. The van der Waals surface area contributed by atoms with Gasteiger partial charge in [-0.05, 0) is 83.9 Å². The number of nitrogens with zero attached hydrogens (tertiary/aromatic N) is 1. The Bertz CT molecular complexity index is 906. The van der Waals surface area contributed by atoms with Crippen molar-refractivity contribution in [2.75, 3.05) is 23.7 Å². The highest BCUT2D eigenvalue weighted by molar-refractivity contribution is 7.92. The molecule has 0 radical (unpaired) electrons. The standard InChI is InChI=1S/C25H38FNO4S/c1-17-14-27(15-18(2)31-17)23-11-8-20(12-22(23)26)13-24(28)21-9-6-19(7-10-21)16-32(29,30)25(3,4)5/h8,11-12,17-19,21H,6-7,9-10,13-16H2,1-5H3/t17-,18+,19?,21?. The molecule has 0 aromatic heterocycles. The quantitative estimate of drug-likeness (QED) is 0.613. The van der Waals surface area contributed by atoms with Crippen molar-refractivity contribution in [2.45, 2.75) is 83.7 Å². The molecule has 2 atom stereocenters. The Morgan fingerprint density at radius 2 is 1.69 bits per heavy atom. The number of hydrogen-bond donors (Lipinski definition) is 0. The van der Waals surface area contributed by atoms with Gasteiger partial charge in [0.1, 0.15) is 11.6 Å². The number of carbonyl (C=O) groups is 1. The largest absolute Gasteiger partial charge is 0.372 e. The first-order valence-electron chi connectivity index (χ1n) is 11.8. The fourth-order valence-electron chi connectivity index (χ4n) is 4.85. The van der Waals surface area contributed by atoms with Gasteiger partial charge >= 0.3 is 0 Å². The number of benzene rings is 1. The predicted octanol–water partition coefficient (Wildman–Crippen LogP) is 4.57. The fourth-order valence-corrected chi connectivity index (χ4v) is 6.30. The molecule has 1 saturated heterocycles. The third-order valence-corrected chi connectivity index (χ3v) is 9.62. The van der Waals surface area contributed by atoms with Crippen molar-refractivity contribution < 1.29 is 22.3 Å². The van der Waals surface area contributed by atoms with E-state index in [1.54, 1.807) is 26.8 Å². The lowest BCUT2D eigenvalue weighted by Crippen LogP contribution is -2.45. The van der Waals surface area contributed by atoms with Gasteiger partial charge in [-0.15, -0.1) is 0 Å². The van der Waals surface area contributed by atoms with Crippen LogP contribution < -0.4 is 4.90 Å². The molecule has 0 spiro atoms. The van der Waals surface area contributed by atoms with Gasteiger partial charge < -0.3 is 9.64 Å². The number of ether oxygens (including phenoxy) is 1. The topological polar surface area (TPSA) is 63.7 Å². The van der Waals surface area contributed by atoms with Crippen molar-refractivity contribution >= 4 is 21.3 Å². The van der Waals surface area contributed by atoms with E-state index in [2.05, 4.69) is 0 Å². The second-order valence-electron chi connectivity index (χ2n) is 10.7. The van der Waals surface area contributed by atoms with E-state index in [1.165, 1.54) is 6.07 Å². The second kappa shape index (κ2) is 9.80. The molecule has 1 aliphatic carbocycles. The van der Waals surface area contributed by atoms with Crippen LogP contribution in [0.15, 0.2) is 18.2 Å². The highest BCUT2D eigenvalue weighted by atomic mass is 32.2. The van der Waals surface area contributed by atoms with Crippen LogP contribution in [0.2, 0.25) is 0 Å². The maximum Gasteiger partial charge on any atom is 0.155 e. The molecule has 0 N–H and O–H groups in total. The van der Waals surface area contributed by atoms with E-state index in [4.69, 9.17) is 4.74 Å². The Labute approximate surface area is 192 Å². The number of sulfone groups is 1. The van der Waals surface area contributed by atoms with E-state index >= 15 is 0 Å². The number of ketones is 1. The number of rotatable bonds is 6. The Kier molecular flexibility index (Phi) is 7.70. The van der Waals surface area contributed by atoms with Crippen LogP contribution in [-0.4, -0.2) is 50.0 Å². The highest BCUT2D eigenvalue weighted by Gasteiger charge is 2.34. The van der Waals surface area contributed by atoms with Crippen LogP contribution in [0.25, 0.3) is 0 Å². The average molecular weight is 468 g/mol. The zero-order valence-electron chi connectivity index (χ0n) is 20.1. The summed E-state index contributed by atoms with van der Waals surface area (Å²) in [5.41, 5.74) is 1.26. The van der Waals surface area contributed by atoms with Gasteiger partial charge in [0.05, 0.1) is 28.4 Å². The number of morpholine rings is 1. The van der Waals surface area contributed by atoms with Crippen molar-refractivity contribution in [3.63, 3.8) is 0 Å². The molecule has 7 heteroatoms. The predicted molar refractivity (Wildman–Crippen MR) is 126 cm³/mol. The van der Waals surface area contributed by atoms with Crippen LogP contribution in [0.1, 0.15) is 65.9 Å². The summed E-state index contributed by atoms with van der Waals surface area (Å²) < 4.78 is 44.8. The van der Waals surface area contributed by atoms with Crippen molar-refractivity contribution in [1.82, 2.24) is 0 Å². The molecule has 0 bridgehead atoms. The zero-order chi connectivity index (χ0) is 23.7. The summed E-state index contributed by atoms with van der Waals surface area (Å²) in [6.45, 7) is 10.5. The lowest BCUT2D eigenvalue weighted by atomic mass is 9.79. The van der Waals surface area contributed by atoms with Crippen LogP contribution in [0.3, 0.4) is 0 Å². The summed E-state index contributed by atoms with van der Waals surface area (Å²) >= 11 is 0. The molecule has 0 amide bonds. The van der Waals surface area contributed by atoms with Crippen molar-refractivity contribution in [1.29, 1.82) is 0 Å². The molecule has 1 heterocycles. The van der Waals surface area contributed by atoms with E-state index in [0.29, 0.717) is 37.2 Å². The first kappa shape index (κ1) is 25.2. The van der Waals surface area contributed by atoms with Crippen LogP contribution >= 0.6 is 0 Å². The van der Waals surface area contributed by atoms with Gasteiger partial charge in [0.25, 0.3) is 0 Å². The fraction of sp³-hybridized carbons (Fsp3) is 0.720. The van der Waals surface area contributed by atoms with E-state index in [0.717, 1.165) is 12.8 Å². The summed E-state index contributed by atoms with van der Waals surface area (Å²) in [4.78, 5) is 14.8. The summed E-state index contributed by atoms with van der Waals surface area (Å²) in [6.07, 6.45) is 3.27. The Morgan fingerprint density at radius 3 is 2.22 bits per heavy atom. The molecule has 1 saturated carbocycles. The molecule has 2 fully saturated rings. The second-order valence-corrected chi connectivity index (χ2v) is 13.5. The van der Waals surface area contributed by atoms with Crippen molar-refractivity contribution in [3.05, 3.63) is 29.6 Å². The van der Waals surface area contributed by atoms with Crippen molar-refractivity contribution in [2.24, 2.45) is 11.8 Å². The number of Topliss-reactive ketones (excluding diaryl/α,β-unsaturated/α-hetero) is 1. The summed E-state index contributed by atoms with van der Waals surface area (Å²) in [6, 6.07) is 5.11. The minimum absolute atomic E-state index is 0.0490. The van der Waals surface area contributed by atoms with Crippen LogP contribution in [0.5, 0.6) is 0 Å². The molecule has 1 aliphatic heterocycles. The first-order chi connectivity index (χ1) is 14.9. The summed E-state index contributed by atoms with van der Waals surface area (Å²) in [5.74, 6) is 0.0873. The molecule has 0 unspecified atom stereocenters. The minimum atomic E-state index is -3.15. The van der Waals surface area contributed by atoms with Crippen LogP contribution in [0.4, 0.5) is 10.1 Å². The molecule has 1 aromatic rings. The lowest BCUT2D eigenvalue weighted by molar-refractivity contribution is -0.123. The molecule has 3 rings (SSSR count). The Morgan fingerprint density at radius 1 is 1.09 bits per heavy atom. The maximum atomic E-state index is 14.8. The molecular weight excluding hydrogens is 429 g/mol. The van der Waals surface area contributed by atoms with Gasteiger partial charge in [-0.3, -0.25) is 4.79 Å². The number of anilines is 1. The third-order valence-electron chi connectivity index (χ3n) is 6.84. The van der Waals surface area contributed by atoms with Gasteiger partial charge in [-0.25, -0.2) is 12.8 Å². The molecule has 1 aromatic carbocycles. The monoisotopic (exact) mass is 467 g/mol. The van der Waals surface area contributed by atoms with Crippen LogP contribution in [-0.2, 0) is 25.8 Å². The normalized spacial score (nSPS) is 27.4. The molecule has 5 nitrogen and oxygen atoms in total. The third kappa shape index (κ3) is 6.10. The van der Waals surface area contributed by atoms with Crippen LogP contribution in [0, 0.1) is 17.7 Å². The number of carbonyl (C=O) groups excluding carboxylic acids is 1. The average Bonchev–Trinajstić information content (AvgIpc) is 2.66.